The van der Waals surface area contributed by atoms with E-state index in [-0.39, 0.29) is 18.1 Å². The Morgan fingerprint density at radius 2 is 1.30 bits per heavy atom. The zero-order chi connectivity index (χ0) is 24.5. The Labute approximate surface area is 221 Å². The van der Waals surface area contributed by atoms with Crippen molar-refractivity contribution in [3.63, 3.8) is 0 Å². The maximum atomic E-state index is 2.65. The highest BCUT2D eigenvalue weighted by molar-refractivity contribution is 8.27. The summed E-state index contributed by atoms with van der Waals surface area (Å²) < 4.78 is 0. The number of nitrogens with zero attached hydrogens (tertiary/aromatic N) is 2. The van der Waals surface area contributed by atoms with Crippen LogP contribution in [0, 0.1) is 0 Å². The smallest absolute Gasteiger partial charge is 0.279 e. The number of anilines is 4. The summed E-state index contributed by atoms with van der Waals surface area (Å²) in [6.45, 7) is 0. The van der Waals surface area contributed by atoms with Crippen molar-refractivity contribution in [3.05, 3.63) is 120 Å². The molecule has 176 valence electrons. The molecule has 2 heterocycles. The van der Waals surface area contributed by atoms with Crippen molar-refractivity contribution in [1.29, 1.82) is 0 Å². The van der Waals surface area contributed by atoms with Gasteiger partial charge in [0.05, 0.1) is 23.5 Å². The Bertz CT molecular complexity index is 1820. The summed E-state index contributed by atoms with van der Waals surface area (Å²) in [5.74, 6) is 0.279. The van der Waals surface area contributed by atoms with Gasteiger partial charge in [0.2, 0.25) is 0 Å². The Kier molecular flexibility index (Phi) is 4.62. The Morgan fingerprint density at radius 1 is 0.649 bits per heavy atom. The molecule has 0 amide bonds. The maximum Gasteiger partial charge on any atom is 0.279 e. The van der Waals surface area contributed by atoms with Gasteiger partial charge in [0.1, 0.15) is 0 Å². The first-order valence-corrected chi connectivity index (χ1v) is 14.2. The van der Waals surface area contributed by atoms with Crippen molar-refractivity contribution in [1.82, 2.24) is 0 Å². The zero-order valence-corrected chi connectivity index (χ0v) is 21.4. The molecule has 0 saturated carbocycles. The molecule has 5 aromatic rings. The fourth-order valence-electron chi connectivity index (χ4n) is 6.71. The lowest BCUT2D eigenvalue weighted by Crippen LogP contribution is -2.61. The molecule has 3 aliphatic rings. The van der Waals surface area contributed by atoms with Crippen molar-refractivity contribution in [3.8, 4) is 0 Å². The van der Waals surface area contributed by atoms with Crippen LogP contribution in [0.2, 0.25) is 0 Å². The van der Waals surface area contributed by atoms with Crippen LogP contribution in [0.4, 0.5) is 22.7 Å². The number of para-hydroxylation sites is 2. The van der Waals surface area contributed by atoms with Crippen LogP contribution in [0.1, 0.15) is 0 Å². The van der Waals surface area contributed by atoms with E-state index in [1.807, 2.05) is 11.6 Å². The minimum Gasteiger partial charge on any atom is -0.331 e. The molecule has 0 aromatic heterocycles. The van der Waals surface area contributed by atoms with Gasteiger partial charge in [-0.2, -0.15) is 0 Å². The Hall–Kier alpha value is -3.89. The summed E-state index contributed by atoms with van der Waals surface area (Å²) in [6.07, 6.45) is 7.23. The van der Waals surface area contributed by atoms with Gasteiger partial charge in [0.25, 0.3) is 5.99 Å². The Balaban J connectivity index is 1.54. The molecular weight excluding hydrogens is 467 g/mol. The molecule has 2 atom stereocenters. The molecule has 0 fully saturated rings. The third-order valence-electron chi connectivity index (χ3n) is 8.20. The van der Waals surface area contributed by atoms with Crippen LogP contribution in [0.25, 0.3) is 22.9 Å². The first kappa shape index (κ1) is 21.2. The van der Waals surface area contributed by atoms with E-state index in [9.17, 15) is 0 Å². The van der Waals surface area contributed by atoms with Gasteiger partial charge < -0.3 is 9.80 Å². The fourth-order valence-corrected chi connectivity index (χ4v) is 7.63. The minimum atomic E-state index is 0.165. The highest BCUT2D eigenvalue weighted by Gasteiger charge is 2.46. The van der Waals surface area contributed by atoms with E-state index < -0.39 is 0 Å². The lowest BCUT2D eigenvalue weighted by Gasteiger charge is -2.52. The molecule has 2 nitrogen and oxygen atoms in total. The second-order valence-electron chi connectivity index (χ2n) is 10.1. The monoisotopic (exact) mass is 492 g/mol. The summed E-state index contributed by atoms with van der Waals surface area (Å²) in [5, 5.41) is 5.27. The standard InChI is InChI=1S/C33H25BN2S/c1-37-34-27-17-9-10-18-28(27)36-30-20-23-12-6-5-11-22(23)19-29(30)35(25-14-3-2-4-15-25)31-21-24-13-7-8-16-26(24)32(34)33(31)36/h2-21,29-30H,1H3. The lowest BCUT2D eigenvalue weighted by atomic mass is 9.56. The predicted octanol–water partition coefficient (Wildman–Crippen LogP) is 4.92. The molecule has 0 bridgehead atoms. The van der Waals surface area contributed by atoms with Gasteiger partial charge in [-0.15, -0.1) is 0 Å². The summed E-state index contributed by atoms with van der Waals surface area (Å²) in [7, 11) is 0. The molecule has 37 heavy (non-hydrogen) atoms. The van der Waals surface area contributed by atoms with E-state index in [1.54, 1.807) is 0 Å². The topological polar surface area (TPSA) is 6.48 Å². The van der Waals surface area contributed by atoms with Gasteiger partial charge in [-0.25, -0.2) is 11.6 Å². The Morgan fingerprint density at radius 3 is 2.08 bits per heavy atom. The van der Waals surface area contributed by atoms with E-state index >= 15 is 0 Å². The molecule has 0 spiro atoms. The van der Waals surface area contributed by atoms with Crippen molar-refractivity contribution >= 4 is 74.2 Å². The molecule has 0 N–H and O–H groups in total. The van der Waals surface area contributed by atoms with Gasteiger partial charge in [-0.3, -0.25) is 0 Å². The lowest BCUT2D eigenvalue weighted by molar-refractivity contribution is 0.684. The molecule has 0 radical (unpaired) electrons. The van der Waals surface area contributed by atoms with Crippen LogP contribution in [-0.2, 0) is 0 Å². The molecule has 4 heteroatoms. The highest BCUT2D eigenvalue weighted by atomic mass is 32.2. The van der Waals surface area contributed by atoms with E-state index in [0.29, 0.717) is 0 Å². The number of fused-ring (bicyclic) bond motifs is 7. The van der Waals surface area contributed by atoms with Crippen LogP contribution in [0.15, 0.2) is 109 Å². The normalized spacial score (nSPS) is 18.8. The van der Waals surface area contributed by atoms with Gasteiger partial charge in [-0.1, -0.05) is 97.1 Å². The van der Waals surface area contributed by atoms with Gasteiger partial charge >= 0.3 is 0 Å². The SMILES string of the molecule is CSB1c2ccccc2N2c3c(cc4ccccc4c31)N(c1ccccc1)C1C=c3ccccc3=CC12. The fraction of sp³-hybridized carbons (Fsp3) is 0.0909. The highest BCUT2D eigenvalue weighted by Crippen LogP contribution is 2.49. The first-order valence-electron chi connectivity index (χ1n) is 12.9. The molecule has 2 unspecified atom stereocenters. The van der Waals surface area contributed by atoms with Crippen LogP contribution in [0.5, 0.6) is 0 Å². The van der Waals surface area contributed by atoms with E-state index in [4.69, 9.17) is 0 Å². The number of benzene rings is 5. The van der Waals surface area contributed by atoms with Crippen LogP contribution in [0.3, 0.4) is 0 Å². The van der Waals surface area contributed by atoms with E-state index in [2.05, 4.69) is 137 Å². The second kappa shape index (κ2) is 8.06. The number of hydrogen-bond acceptors (Lipinski definition) is 3. The van der Waals surface area contributed by atoms with Gasteiger partial charge in [0.15, 0.2) is 0 Å². The van der Waals surface area contributed by atoms with Crippen molar-refractivity contribution < 1.29 is 0 Å². The van der Waals surface area contributed by atoms with Crippen molar-refractivity contribution in [2.45, 2.75) is 12.1 Å². The molecular formula is C33H25BN2S. The minimum absolute atomic E-state index is 0.165. The molecule has 0 saturated heterocycles. The molecule has 5 aromatic carbocycles. The van der Waals surface area contributed by atoms with E-state index in [1.165, 1.54) is 54.9 Å². The summed E-state index contributed by atoms with van der Waals surface area (Å²) in [5.41, 5.74) is 8.05. The third-order valence-corrected chi connectivity index (χ3v) is 9.16. The van der Waals surface area contributed by atoms with Crippen molar-refractivity contribution in [2.75, 3.05) is 16.1 Å². The average molecular weight is 492 g/mol. The summed E-state index contributed by atoms with van der Waals surface area (Å²) in [6, 6.07) is 40.5. The number of hydrogen-bond donors (Lipinski definition) is 0. The van der Waals surface area contributed by atoms with Crippen LogP contribution >= 0.6 is 11.6 Å². The number of rotatable bonds is 2. The first-order chi connectivity index (χ1) is 18.3. The maximum absolute atomic E-state index is 2.65. The summed E-state index contributed by atoms with van der Waals surface area (Å²) in [4.78, 5) is 5.24. The molecule has 2 aliphatic heterocycles. The second-order valence-corrected chi connectivity index (χ2v) is 11.0. The molecule has 1 aliphatic carbocycles. The van der Waals surface area contributed by atoms with Gasteiger partial charge in [0, 0.05) is 11.4 Å². The quantitative estimate of drug-likeness (QED) is 0.323. The summed E-state index contributed by atoms with van der Waals surface area (Å²) >= 11 is 1.94. The average Bonchev–Trinajstić information content (AvgIpc) is 2.96. The van der Waals surface area contributed by atoms with Gasteiger partial charge in [-0.05, 0) is 62.7 Å². The van der Waals surface area contributed by atoms with Crippen LogP contribution < -0.4 is 31.2 Å². The van der Waals surface area contributed by atoms with Crippen LogP contribution in [-0.4, -0.2) is 24.3 Å². The third kappa shape index (κ3) is 2.96. The zero-order valence-electron chi connectivity index (χ0n) is 20.6. The van der Waals surface area contributed by atoms with Crippen molar-refractivity contribution in [2.24, 2.45) is 0 Å². The van der Waals surface area contributed by atoms with E-state index in [0.717, 1.165) is 0 Å². The largest absolute Gasteiger partial charge is 0.331 e. The molecule has 8 rings (SSSR count). The predicted molar refractivity (Wildman–Crippen MR) is 162 cm³/mol.